The zero-order valence-corrected chi connectivity index (χ0v) is 10.9. The summed E-state index contributed by atoms with van der Waals surface area (Å²) in [5.41, 5.74) is -0.00787. The summed E-state index contributed by atoms with van der Waals surface area (Å²) in [6.45, 7) is 1.49. The molecule has 0 atom stereocenters. The van der Waals surface area contributed by atoms with Crippen molar-refractivity contribution in [3.8, 4) is 0 Å². The van der Waals surface area contributed by atoms with E-state index in [0.717, 1.165) is 23.3 Å². The molecule has 0 bridgehead atoms. The molecule has 1 N–H and O–H groups in total. The number of piperidine rings is 1. The molecular weight excluding hydrogens is 256 g/mol. The van der Waals surface area contributed by atoms with Crippen molar-refractivity contribution in [3.05, 3.63) is 24.0 Å². The minimum Gasteiger partial charge on any atom is -0.478 e. The molecule has 0 aliphatic carbocycles. The maximum Gasteiger partial charge on any atom is 0.337 e. The van der Waals surface area contributed by atoms with E-state index in [9.17, 15) is 13.2 Å². The lowest BCUT2D eigenvalue weighted by atomic mass is 10.1. The first-order chi connectivity index (χ1) is 8.41. The lowest BCUT2D eigenvalue weighted by Crippen LogP contribution is -2.38. The van der Waals surface area contributed by atoms with E-state index < -0.39 is 21.2 Å². The van der Waals surface area contributed by atoms with Crippen molar-refractivity contribution < 1.29 is 18.3 Å². The van der Waals surface area contributed by atoms with Gasteiger partial charge in [-0.25, -0.2) is 13.2 Å². The minimum absolute atomic E-state index is 0.00787. The fourth-order valence-corrected chi connectivity index (χ4v) is 3.76. The molecule has 7 heteroatoms. The number of aromatic carboxylic acids is 1. The van der Waals surface area contributed by atoms with Gasteiger partial charge in [-0.1, -0.05) is 0 Å². The summed E-state index contributed by atoms with van der Waals surface area (Å²) in [6.07, 6.45) is 3.63. The van der Waals surface area contributed by atoms with E-state index in [-0.39, 0.29) is 5.56 Å². The van der Waals surface area contributed by atoms with Crippen LogP contribution in [-0.4, -0.2) is 53.8 Å². The van der Waals surface area contributed by atoms with E-state index in [1.807, 2.05) is 7.05 Å². The van der Waals surface area contributed by atoms with Gasteiger partial charge in [0, 0.05) is 12.4 Å². The van der Waals surface area contributed by atoms with Gasteiger partial charge in [-0.05, 0) is 39.0 Å². The summed E-state index contributed by atoms with van der Waals surface area (Å²) in [4.78, 5) is 12.8. The number of carboxylic acid groups (broad SMARTS) is 1. The Morgan fingerprint density at radius 2 is 2.00 bits per heavy atom. The van der Waals surface area contributed by atoms with Gasteiger partial charge in [0.2, 0.25) is 10.0 Å². The number of nitrogens with zero attached hydrogens (tertiary/aromatic N) is 2. The van der Waals surface area contributed by atoms with Crippen LogP contribution in [0, 0.1) is 0 Å². The van der Waals surface area contributed by atoms with Gasteiger partial charge >= 0.3 is 5.97 Å². The highest BCUT2D eigenvalue weighted by molar-refractivity contribution is 7.90. The first kappa shape index (κ1) is 13.1. The Hall–Kier alpha value is -1.34. The number of aromatic nitrogens is 1. The molecule has 6 nitrogen and oxygen atoms in total. The van der Waals surface area contributed by atoms with Crippen molar-refractivity contribution in [2.45, 2.75) is 18.1 Å². The van der Waals surface area contributed by atoms with Crippen LogP contribution in [0.15, 0.2) is 18.5 Å². The van der Waals surface area contributed by atoms with Crippen molar-refractivity contribution in [1.29, 1.82) is 0 Å². The number of carbonyl (C=O) groups is 1. The van der Waals surface area contributed by atoms with Crippen molar-refractivity contribution in [2.24, 2.45) is 0 Å². The largest absolute Gasteiger partial charge is 0.478 e. The molecule has 2 heterocycles. The van der Waals surface area contributed by atoms with E-state index in [1.54, 1.807) is 0 Å². The van der Waals surface area contributed by atoms with Crippen molar-refractivity contribution >= 4 is 16.0 Å². The van der Waals surface area contributed by atoms with Crippen molar-refractivity contribution in [1.82, 2.24) is 8.87 Å². The summed E-state index contributed by atoms with van der Waals surface area (Å²) >= 11 is 0. The van der Waals surface area contributed by atoms with E-state index in [0.29, 0.717) is 12.8 Å². The quantitative estimate of drug-likeness (QED) is 0.864. The van der Waals surface area contributed by atoms with Gasteiger partial charge < -0.3 is 10.0 Å². The van der Waals surface area contributed by atoms with Crippen LogP contribution in [0.5, 0.6) is 0 Å². The topological polar surface area (TPSA) is 79.6 Å². The van der Waals surface area contributed by atoms with Gasteiger partial charge in [0.15, 0.2) is 0 Å². The van der Waals surface area contributed by atoms with Gasteiger partial charge in [0.1, 0.15) is 0 Å². The summed E-state index contributed by atoms with van der Waals surface area (Å²) in [5, 5.41) is 8.37. The average Bonchev–Trinajstić information content (AvgIpc) is 2.79. The maximum absolute atomic E-state index is 12.3. The Morgan fingerprint density at radius 1 is 1.39 bits per heavy atom. The summed E-state index contributed by atoms with van der Waals surface area (Å²) in [5.74, 6) is -1.12. The van der Waals surface area contributed by atoms with Gasteiger partial charge in [0.25, 0.3) is 0 Å². The van der Waals surface area contributed by atoms with Gasteiger partial charge in [0.05, 0.1) is 10.8 Å². The molecule has 0 unspecified atom stereocenters. The number of hydrogen-bond donors (Lipinski definition) is 1. The molecule has 0 spiro atoms. The Kier molecular flexibility index (Phi) is 3.45. The zero-order chi connectivity index (χ0) is 13.3. The van der Waals surface area contributed by atoms with Crippen molar-refractivity contribution in [2.75, 3.05) is 20.1 Å². The number of likely N-dealkylation sites (tertiary alicyclic amines) is 1. The first-order valence-corrected chi connectivity index (χ1v) is 7.26. The first-order valence-electron chi connectivity index (χ1n) is 5.75. The molecule has 0 aromatic carbocycles. The molecule has 1 aromatic rings. The summed E-state index contributed by atoms with van der Waals surface area (Å²) in [7, 11) is -1.51. The highest BCUT2D eigenvalue weighted by Crippen LogP contribution is 2.19. The fraction of sp³-hybridized carbons (Fsp3) is 0.545. The summed E-state index contributed by atoms with van der Waals surface area (Å²) < 4.78 is 25.6. The molecule has 18 heavy (non-hydrogen) atoms. The molecule has 0 radical (unpaired) electrons. The molecule has 0 saturated carbocycles. The Bertz CT molecular complexity index is 541. The highest BCUT2D eigenvalue weighted by atomic mass is 32.2. The van der Waals surface area contributed by atoms with Gasteiger partial charge in [-0.15, -0.1) is 0 Å². The normalized spacial score (nSPS) is 18.9. The predicted molar refractivity (Wildman–Crippen MR) is 66.2 cm³/mol. The predicted octanol–water partition coefficient (Wildman–Crippen LogP) is 0.458. The monoisotopic (exact) mass is 272 g/mol. The standard InChI is InChI=1S/C11H16N2O4S/c1-12-5-3-10(4-6-12)18(16,17)13-7-2-9(8-13)11(14)15/h2,7-8,10H,3-6H2,1H3,(H,14,15). The van der Waals surface area contributed by atoms with Crippen LogP contribution >= 0.6 is 0 Å². The third kappa shape index (κ3) is 2.41. The van der Waals surface area contributed by atoms with E-state index in [4.69, 9.17) is 5.11 Å². The third-order valence-electron chi connectivity index (χ3n) is 3.29. The van der Waals surface area contributed by atoms with Gasteiger partial charge in [-0.2, -0.15) is 0 Å². The molecule has 1 saturated heterocycles. The molecule has 100 valence electrons. The maximum atomic E-state index is 12.3. The molecule has 1 fully saturated rings. The second-order valence-corrected chi connectivity index (χ2v) is 6.70. The minimum atomic E-state index is -3.47. The molecule has 2 rings (SSSR count). The van der Waals surface area contributed by atoms with Crippen LogP contribution in [0.3, 0.4) is 0 Å². The fourth-order valence-electron chi connectivity index (χ4n) is 2.12. The Labute approximate surface area is 106 Å². The van der Waals surface area contributed by atoms with E-state index in [2.05, 4.69) is 4.90 Å². The zero-order valence-electron chi connectivity index (χ0n) is 10.1. The summed E-state index contributed by atoms with van der Waals surface area (Å²) in [6, 6.07) is 1.30. The Balaban J connectivity index is 2.22. The molecule has 1 aliphatic heterocycles. The van der Waals surface area contributed by atoms with Crippen LogP contribution in [0.1, 0.15) is 23.2 Å². The van der Waals surface area contributed by atoms with Crippen LogP contribution in [0.2, 0.25) is 0 Å². The number of hydrogen-bond acceptors (Lipinski definition) is 4. The SMILES string of the molecule is CN1CCC(S(=O)(=O)n2ccc(C(=O)O)c2)CC1. The van der Waals surface area contributed by atoms with Crippen LogP contribution in [-0.2, 0) is 10.0 Å². The molecule has 0 amide bonds. The van der Waals surface area contributed by atoms with Crippen LogP contribution in [0.25, 0.3) is 0 Å². The lowest BCUT2D eigenvalue weighted by molar-refractivity contribution is 0.0697. The Morgan fingerprint density at radius 3 is 2.50 bits per heavy atom. The van der Waals surface area contributed by atoms with Crippen LogP contribution < -0.4 is 0 Å². The molecule has 1 aliphatic rings. The third-order valence-corrected chi connectivity index (χ3v) is 5.42. The lowest BCUT2D eigenvalue weighted by Gasteiger charge is -2.28. The van der Waals surface area contributed by atoms with Crippen LogP contribution in [0.4, 0.5) is 0 Å². The molecular formula is C11H16N2O4S. The average molecular weight is 272 g/mol. The van der Waals surface area contributed by atoms with Crippen molar-refractivity contribution in [3.63, 3.8) is 0 Å². The van der Waals surface area contributed by atoms with E-state index >= 15 is 0 Å². The van der Waals surface area contributed by atoms with E-state index in [1.165, 1.54) is 12.3 Å². The second kappa shape index (κ2) is 4.74. The second-order valence-electron chi connectivity index (χ2n) is 4.58. The highest BCUT2D eigenvalue weighted by Gasteiger charge is 2.30. The number of carboxylic acids is 1. The van der Waals surface area contributed by atoms with Gasteiger partial charge in [-0.3, -0.25) is 3.97 Å². The smallest absolute Gasteiger partial charge is 0.337 e. The number of rotatable bonds is 3. The molecule has 1 aromatic heterocycles.